The number of amides is 4. The Bertz CT molecular complexity index is 1200. The van der Waals surface area contributed by atoms with E-state index in [-0.39, 0.29) is 30.7 Å². The Morgan fingerprint density at radius 2 is 1.79 bits per heavy atom. The van der Waals surface area contributed by atoms with E-state index >= 15 is 0 Å². The fourth-order valence-electron chi connectivity index (χ4n) is 3.89. The summed E-state index contributed by atoms with van der Waals surface area (Å²) >= 11 is 1.49. The molecule has 168 valence electrons. The molecule has 3 aromatic rings. The zero-order valence-corrected chi connectivity index (χ0v) is 19.1. The lowest BCUT2D eigenvalue weighted by atomic mass is 10.1. The van der Waals surface area contributed by atoms with Crippen LogP contribution >= 0.6 is 11.3 Å². The number of anilines is 2. The van der Waals surface area contributed by atoms with Gasteiger partial charge in [-0.05, 0) is 54.3 Å². The molecule has 1 aliphatic rings. The minimum absolute atomic E-state index is 0.0880. The van der Waals surface area contributed by atoms with E-state index in [2.05, 4.69) is 5.32 Å². The molecule has 1 atom stereocenters. The number of rotatable bonds is 6. The molecule has 1 fully saturated rings. The lowest BCUT2D eigenvalue weighted by Gasteiger charge is -2.28. The van der Waals surface area contributed by atoms with Gasteiger partial charge in [-0.1, -0.05) is 24.3 Å². The van der Waals surface area contributed by atoms with Crippen LogP contribution < -0.4 is 10.2 Å². The van der Waals surface area contributed by atoms with Crippen LogP contribution in [0.25, 0.3) is 0 Å². The van der Waals surface area contributed by atoms with Crippen molar-refractivity contribution in [3.8, 4) is 0 Å². The molecule has 0 saturated carbocycles. The molecule has 0 bridgehead atoms. The molecule has 33 heavy (non-hydrogen) atoms. The van der Waals surface area contributed by atoms with Crippen molar-refractivity contribution < 1.29 is 19.2 Å². The van der Waals surface area contributed by atoms with Crippen LogP contribution in [0, 0.1) is 6.92 Å². The van der Waals surface area contributed by atoms with Crippen molar-refractivity contribution in [2.45, 2.75) is 32.9 Å². The summed E-state index contributed by atoms with van der Waals surface area (Å²) in [6.45, 7) is 3.49. The van der Waals surface area contributed by atoms with Crippen LogP contribution in [0.5, 0.6) is 0 Å². The van der Waals surface area contributed by atoms with Crippen molar-refractivity contribution in [2.24, 2.45) is 0 Å². The van der Waals surface area contributed by atoms with Gasteiger partial charge >= 0.3 is 0 Å². The number of imide groups is 1. The van der Waals surface area contributed by atoms with Gasteiger partial charge in [0.05, 0.1) is 18.7 Å². The van der Waals surface area contributed by atoms with Crippen LogP contribution in [0.3, 0.4) is 0 Å². The minimum Gasteiger partial charge on any atom is -0.326 e. The standard InChI is InChI=1S/C25H23N3O4S/c1-16-6-3-4-8-21(16)24(31)27(15-20-7-5-13-33-20)22-14-23(30)28(25(22)32)19-11-9-18(10-12-19)26-17(2)29/h3-13,22H,14-15H2,1-2H3,(H,26,29). The van der Waals surface area contributed by atoms with Crippen LogP contribution in [-0.2, 0) is 20.9 Å². The maximum absolute atomic E-state index is 13.5. The molecule has 2 heterocycles. The van der Waals surface area contributed by atoms with Crippen LogP contribution in [0.1, 0.15) is 34.1 Å². The molecule has 1 saturated heterocycles. The molecule has 4 rings (SSSR count). The second-order valence-corrected chi connectivity index (χ2v) is 8.87. The SMILES string of the molecule is CC(=O)Nc1ccc(N2C(=O)CC(N(Cc3cccs3)C(=O)c3ccccc3C)C2=O)cc1. The van der Waals surface area contributed by atoms with Gasteiger partial charge in [0.25, 0.3) is 11.8 Å². The molecule has 7 nitrogen and oxygen atoms in total. The van der Waals surface area contributed by atoms with Gasteiger partial charge in [-0.3, -0.25) is 19.2 Å². The summed E-state index contributed by atoms with van der Waals surface area (Å²) in [6.07, 6.45) is -0.0880. The first-order chi connectivity index (χ1) is 15.8. The number of aryl methyl sites for hydroxylation is 1. The average molecular weight is 462 g/mol. The van der Waals surface area contributed by atoms with E-state index in [1.807, 2.05) is 36.6 Å². The highest BCUT2D eigenvalue weighted by Crippen LogP contribution is 2.29. The highest BCUT2D eigenvalue weighted by molar-refractivity contribution is 7.09. The lowest BCUT2D eigenvalue weighted by molar-refractivity contribution is -0.122. The summed E-state index contributed by atoms with van der Waals surface area (Å²) in [5.41, 5.74) is 2.28. The smallest absolute Gasteiger partial charge is 0.257 e. The molecule has 1 N–H and O–H groups in total. The Morgan fingerprint density at radius 3 is 2.42 bits per heavy atom. The second kappa shape index (κ2) is 9.38. The molecule has 1 aromatic heterocycles. The largest absolute Gasteiger partial charge is 0.326 e. The molecule has 2 aromatic carbocycles. The predicted octanol–water partition coefficient (Wildman–Crippen LogP) is 3.99. The summed E-state index contributed by atoms with van der Waals surface area (Å²) in [5, 5.41) is 4.57. The average Bonchev–Trinajstić information content (AvgIpc) is 3.40. The number of nitrogens with one attached hydrogen (secondary N) is 1. The van der Waals surface area contributed by atoms with Crippen molar-refractivity contribution >= 4 is 46.3 Å². The highest BCUT2D eigenvalue weighted by Gasteiger charge is 2.44. The van der Waals surface area contributed by atoms with Gasteiger partial charge in [-0.15, -0.1) is 11.3 Å². The van der Waals surface area contributed by atoms with Crippen molar-refractivity contribution in [3.05, 3.63) is 82.0 Å². The van der Waals surface area contributed by atoms with Gasteiger partial charge < -0.3 is 10.2 Å². The summed E-state index contributed by atoms with van der Waals surface area (Å²) in [6, 6.07) is 16.6. The van der Waals surface area contributed by atoms with E-state index in [1.165, 1.54) is 23.2 Å². The Hall–Kier alpha value is -3.78. The van der Waals surface area contributed by atoms with Gasteiger partial charge in [0.2, 0.25) is 11.8 Å². The van der Waals surface area contributed by atoms with E-state index in [1.54, 1.807) is 36.4 Å². The summed E-state index contributed by atoms with van der Waals surface area (Å²) < 4.78 is 0. The van der Waals surface area contributed by atoms with Crippen molar-refractivity contribution in [2.75, 3.05) is 10.2 Å². The number of benzene rings is 2. The fraction of sp³-hybridized carbons (Fsp3) is 0.200. The summed E-state index contributed by atoms with van der Waals surface area (Å²) in [4.78, 5) is 54.6. The molecule has 1 unspecified atom stereocenters. The third-order valence-corrected chi connectivity index (χ3v) is 6.35. The molecule has 1 aliphatic heterocycles. The number of carbonyl (C=O) groups is 4. The number of thiophene rings is 1. The Kier molecular flexibility index (Phi) is 6.37. The zero-order valence-electron chi connectivity index (χ0n) is 18.3. The van der Waals surface area contributed by atoms with E-state index < -0.39 is 11.9 Å². The number of hydrogen-bond donors (Lipinski definition) is 1. The molecule has 0 spiro atoms. The molecule has 0 radical (unpaired) electrons. The van der Waals surface area contributed by atoms with Crippen LogP contribution in [0.4, 0.5) is 11.4 Å². The highest BCUT2D eigenvalue weighted by atomic mass is 32.1. The van der Waals surface area contributed by atoms with Gasteiger partial charge in [0, 0.05) is 23.1 Å². The van der Waals surface area contributed by atoms with Gasteiger partial charge in [0.1, 0.15) is 6.04 Å². The zero-order chi connectivity index (χ0) is 23.5. The quantitative estimate of drug-likeness (QED) is 0.563. The first kappa shape index (κ1) is 22.4. The molecule has 4 amide bonds. The van der Waals surface area contributed by atoms with E-state index in [0.29, 0.717) is 16.9 Å². The van der Waals surface area contributed by atoms with Gasteiger partial charge in [0.15, 0.2) is 0 Å². The maximum atomic E-state index is 13.5. The van der Waals surface area contributed by atoms with Gasteiger partial charge in [-0.25, -0.2) is 4.90 Å². The van der Waals surface area contributed by atoms with E-state index in [4.69, 9.17) is 0 Å². The number of hydrogen-bond acceptors (Lipinski definition) is 5. The molecular weight excluding hydrogens is 438 g/mol. The van der Waals surface area contributed by atoms with Crippen molar-refractivity contribution in [1.29, 1.82) is 0 Å². The number of nitrogens with zero attached hydrogens (tertiary/aromatic N) is 2. The Labute approximate surface area is 195 Å². The second-order valence-electron chi connectivity index (χ2n) is 7.84. The van der Waals surface area contributed by atoms with Crippen molar-refractivity contribution in [1.82, 2.24) is 4.90 Å². The lowest BCUT2D eigenvalue weighted by Crippen LogP contribution is -2.45. The third kappa shape index (κ3) is 4.70. The van der Waals surface area contributed by atoms with Crippen LogP contribution in [0.15, 0.2) is 66.0 Å². The first-order valence-electron chi connectivity index (χ1n) is 10.5. The van der Waals surface area contributed by atoms with Crippen LogP contribution in [0.2, 0.25) is 0 Å². The normalized spacial score (nSPS) is 15.6. The number of carbonyl (C=O) groups excluding carboxylic acids is 4. The summed E-state index contributed by atoms with van der Waals surface area (Å²) in [7, 11) is 0. The topological polar surface area (TPSA) is 86.8 Å². The van der Waals surface area contributed by atoms with E-state index in [0.717, 1.165) is 15.3 Å². The third-order valence-electron chi connectivity index (χ3n) is 5.49. The van der Waals surface area contributed by atoms with Gasteiger partial charge in [-0.2, -0.15) is 0 Å². The Balaban J connectivity index is 1.64. The first-order valence-corrected chi connectivity index (χ1v) is 11.4. The molecule has 8 heteroatoms. The molecular formula is C25H23N3O4S. The minimum atomic E-state index is -0.901. The van der Waals surface area contributed by atoms with E-state index in [9.17, 15) is 19.2 Å². The summed E-state index contributed by atoms with van der Waals surface area (Å²) in [5.74, 6) is -1.30. The fourth-order valence-corrected chi connectivity index (χ4v) is 4.59. The monoisotopic (exact) mass is 461 g/mol. The van der Waals surface area contributed by atoms with Crippen LogP contribution in [-0.4, -0.2) is 34.6 Å². The predicted molar refractivity (Wildman–Crippen MR) is 127 cm³/mol. The van der Waals surface area contributed by atoms with Crippen molar-refractivity contribution in [3.63, 3.8) is 0 Å². The molecule has 0 aliphatic carbocycles. The maximum Gasteiger partial charge on any atom is 0.257 e. The Morgan fingerprint density at radius 1 is 1.06 bits per heavy atom.